The Morgan fingerprint density at radius 3 is 1.57 bits per heavy atom. The second-order valence-corrected chi connectivity index (χ2v) is 11.4. The van der Waals surface area contributed by atoms with Crippen molar-refractivity contribution in [1.82, 2.24) is 9.13 Å². The van der Waals surface area contributed by atoms with Gasteiger partial charge in [0.1, 0.15) is 0 Å². The van der Waals surface area contributed by atoms with E-state index >= 15 is 0 Å². The fourth-order valence-electron chi connectivity index (χ4n) is 6.94. The summed E-state index contributed by atoms with van der Waals surface area (Å²) in [6.07, 6.45) is 0. The molecular formula is C42H28N2. The number of hydrogen-bond donors (Lipinski definition) is 0. The van der Waals surface area contributed by atoms with Crippen LogP contribution in [0.3, 0.4) is 0 Å². The van der Waals surface area contributed by atoms with Crippen molar-refractivity contribution in [2.45, 2.75) is 0 Å². The minimum atomic E-state index is 1.16. The standard InChI is InChI=1S/C42H28N2/c1-3-12-29(13-4-1)31-14-11-15-32(28-31)30-22-24-34(25-23-30)44-38-20-9-7-18-35(38)36-26-27-40-41(42(36)44)37-19-8-10-21-39(37)43(40)33-16-5-2-6-17-33/h1-28H. The largest absolute Gasteiger partial charge is 0.309 e. The van der Waals surface area contributed by atoms with Gasteiger partial charge in [-0.1, -0.05) is 121 Å². The molecular weight excluding hydrogens is 532 g/mol. The lowest BCUT2D eigenvalue weighted by molar-refractivity contribution is 1.17. The van der Waals surface area contributed by atoms with Gasteiger partial charge in [-0.3, -0.25) is 0 Å². The third-order valence-corrected chi connectivity index (χ3v) is 8.91. The summed E-state index contributed by atoms with van der Waals surface area (Å²) in [5.74, 6) is 0. The number of hydrogen-bond acceptors (Lipinski definition) is 0. The predicted octanol–water partition coefficient (Wildman–Crippen LogP) is 11.2. The maximum Gasteiger partial charge on any atom is 0.0641 e. The molecule has 0 N–H and O–H groups in total. The molecule has 0 amide bonds. The highest BCUT2D eigenvalue weighted by Gasteiger charge is 2.20. The second kappa shape index (κ2) is 9.86. The summed E-state index contributed by atoms with van der Waals surface area (Å²) in [4.78, 5) is 0. The lowest BCUT2D eigenvalue weighted by Gasteiger charge is -2.11. The van der Waals surface area contributed by atoms with Crippen LogP contribution < -0.4 is 0 Å². The van der Waals surface area contributed by atoms with Crippen molar-refractivity contribution in [2.75, 3.05) is 0 Å². The van der Waals surface area contributed by atoms with Gasteiger partial charge in [-0.05, 0) is 70.8 Å². The Hall–Kier alpha value is -5.86. The van der Waals surface area contributed by atoms with Gasteiger partial charge in [-0.2, -0.15) is 0 Å². The molecule has 0 spiro atoms. The van der Waals surface area contributed by atoms with Crippen LogP contribution in [0.25, 0.3) is 77.2 Å². The SMILES string of the molecule is c1ccc(-c2cccc(-c3ccc(-n4c5ccccc5c5ccc6c(c7ccccc7n6-c6ccccc6)c54)cc3)c2)cc1. The normalized spacial score (nSPS) is 11.6. The molecule has 206 valence electrons. The summed E-state index contributed by atoms with van der Waals surface area (Å²) in [6, 6.07) is 61.3. The molecule has 9 rings (SSSR count). The maximum atomic E-state index is 2.46. The number of aromatic nitrogens is 2. The van der Waals surface area contributed by atoms with Crippen LogP contribution in [0.1, 0.15) is 0 Å². The molecule has 9 aromatic rings. The third kappa shape index (κ3) is 3.75. The molecule has 0 aliphatic rings. The van der Waals surface area contributed by atoms with Gasteiger partial charge in [0.25, 0.3) is 0 Å². The number of para-hydroxylation sites is 3. The van der Waals surface area contributed by atoms with Crippen molar-refractivity contribution in [3.63, 3.8) is 0 Å². The average Bonchev–Trinajstić information content (AvgIpc) is 3.62. The molecule has 0 saturated carbocycles. The van der Waals surface area contributed by atoms with Gasteiger partial charge in [0.05, 0.1) is 22.1 Å². The zero-order valence-electron chi connectivity index (χ0n) is 24.1. The fourth-order valence-corrected chi connectivity index (χ4v) is 6.94. The Kier molecular flexibility index (Phi) is 5.54. The lowest BCUT2D eigenvalue weighted by Crippen LogP contribution is -1.95. The van der Waals surface area contributed by atoms with Crippen molar-refractivity contribution in [2.24, 2.45) is 0 Å². The molecule has 0 saturated heterocycles. The van der Waals surface area contributed by atoms with Crippen LogP contribution in [-0.2, 0) is 0 Å². The highest BCUT2D eigenvalue weighted by molar-refractivity contribution is 6.26. The molecule has 0 unspecified atom stereocenters. The Morgan fingerprint density at radius 2 is 0.841 bits per heavy atom. The van der Waals surface area contributed by atoms with E-state index in [1.165, 1.54) is 71.6 Å². The van der Waals surface area contributed by atoms with Crippen molar-refractivity contribution in [3.05, 3.63) is 170 Å². The molecule has 7 aromatic carbocycles. The van der Waals surface area contributed by atoms with Crippen LogP contribution >= 0.6 is 0 Å². The van der Waals surface area contributed by atoms with Gasteiger partial charge >= 0.3 is 0 Å². The molecule has 0 bridgehead atoms. The Balaban J connectivity index is 1.29. The van der Waals surface area contributed by atoms with E-state index in [9.17, 15) is 0 Å². The first-order valence-corrected chi connectivity index (χ1v) is 15.1. The zero-order chi connectivity index (χ0) is 29.0. The van der Waals surface area contributed by atoms with E-state index in [-0.39, 0.29) is 0 Å². The first-order chi connectivity index (χ1) is 21.8. The van der Waals surface area contributed by atoms with Crippen LogP contribution in [0.4, 0.5) is 0 Å². The molecule has 0 atom stereocenters. The number of fused-ring (bicyclic) bond motifs is 7. The highest BCUT2D eigenvalue weighted by Crippen LogP contribution is 2.42. The van der Waals surface area contributed by atoms with Crippen molar-refractivity contribution >= 4 is 43.6 Å². The van der Waals surface area contributed by atoms with Gasteiger partial charge in [0.15, 0.2) is 0 Å². The van der Waals surface area contributed by atoms with Crippen molar-refractivity contribution < 1.29 is 0 Å². The molecule has 2 aromatic heterocycles. The van der Waals surface area contributed by atoms with E-state index in [1.54, 1.807) is 0 Å². The Morgan fingerprint density at radius 1 is 0.295 bits per heavy atom. The minimum absolute atomic E-state index is 1.16. The molecule has 2 nitrogen and oxygen atoms in total. The number of rotatable bonds is 4. The van der Waals surface area contributed by atoms with Crippen LogP contribution in [0.5, 0.6) is 0 Å². The van der Waals surface area contributed by atoms with E-state index in [1.807, 2.05) is 0 Å². The van der Waals surface area contributed by atoms with E-state index in [0.717, 1.165) is 5.69 Å². The van der Waals surface area contributed by atoms with E-state index in [0.29, 0.717) is 0 Å². The van der Waals surface area contributed by atoms with Crippen LogP contribution in [0.15, 0.2) is 170 Å². The van der Waals surface area contributed by atoms with E-state index in [4.69, 9.17) is 0 Å². The second-order valence-electron chi connectivity index (χ2n) is 11.4. The molecule has 0 aliphatic carbocycles. The zero-order valence-corrected chi connectivity index (χ0v) is 24.1. The lowest BCUT2D eigenvalue weighted by atomic mass is 9.99. The first-order valence-electron chi connectivity index (χ1n) is 15.1. The summed E-state index contributed by atoms with van der Waals surface area (Å²) in [6.45, 7) is 0. The maximum absolute atomic E-state index is 2.46. The first kappa shape index (κ1) is 24.7. The number of benzene rings is 7. The highest BCUT2D eigenvalue weighted by atomic mass is 15.0. The van der Waals surface area contributed by atoms with E-state index in [2.05, 4.69) is 179 Å². The average molecular weight is 561 g/mol. The molecule has 0 fully saturated rings. The van der Waals surface area contributed by atoms with Crippen LogP contribution in [-0.4, -0.2) is 9.13 Å². The van der Waals surface area contributed by atoms with Gasteiger partial charge in [0, 0.05) is 32.9 Å². The minimum Gasteiger partial charge on any atom is -0.309 e. The predicted molar refractivity (Wildman–Crippen MR) is 186 cm³/mol. The molecule has 2 heteroatoms. The van der Waals surface area contributed by atoms with Gasteiger partial charge in [-0.25, -0.2) is 0 Å². The van der Waals surface area contributed by atoms with Crippen LogP contribution in [0, 0.1) is 0 Å². The summed E-state index contributed by atoms with van der Waals surface area (Å²) < 4.78 is 4.86. The van der Waals surface area contributed by atoms with Gasteiger partial charge in [-0.15, -0.1) is 0 Å². The third-order valence-electron chi connectivity index (χ3n) is 8.91. The summed E-state index contributed by atoms with van der Waals surface area (Å²) >= 11 is 0. The molecule has 0 aliphatic heterocycles. The molecule has 2 heterocycles. The van der Waals surface area contributed by atoms with E-state index < -0.39 is 0 Å². The number of nitrogens with zero attached hydrogens (tertiary/aromatic N) is 2. The molecule has 0 radical (unpaired) electrons. The smallest absolute Gasteiger partial charge is 0.0641 e. The monoisotopic (exact) mass is 560 g/mol. The van der Waals surface area contributed by atoms with Gasteiger partial charge < -0.3 is 9.13 Å². The summed E-state index contributed by atoms with van der Waals surface area (Å²) in [5, 5.41) is 5.07. The molecule has 44 heavy (non-hydrogen) atoms. The van der Waals surface area contributed by atoms with Crippen LogP contribution in [0.2, 0.25) is 0 Å². The Bertz CT molecular complexity index is 2460. The summed E-state index contributed by atoms with van der Waals surface area (Å²) in [5.41, 5.74) is 12.1. The summed E-state index contributed by atoms with van der Waals surface area (Å²) in [7, 11) is 0. The fraction of sp³-hybridized carbons (Fsp3) is 0. The topological polar surface area (TPSA) is 9.86 Å². The van der Waals surface area contributed by atoms with Gasteiger partial charge in [0.2, 0.25) is 0 Å². The Labute approximate surface area is 255 Å². The quantitative estimate of drug-likeness (QED) is 0.203. The van der Waals surface area contributed by atoms with Crippen molar-refractivity contribution in [1.29, 1.82) is 0 Å². The van der Waals surface area contributed by atoms with Crippen molar-refractivity contribution in [3.8, 4) is 33.6 Å².